The molecule has 0 bridgehead atoms. The minimum atomic E-state index is -0.803. The molecule has 0 aliphatic carbocycles. The standard InChI is InChI=1S/C8H3BrF2N2O/c9-3-1-4(10)5-7(6(3)11)12-2-13-8(5)14/h1-2H,(H,12,13,14). The maximum atomic E-state index is 13.3. The molecule has 0 atom stereocenters. The fourth-order valence-corrected chi connectivity index (χ4v) is 1.54. The van der Waals surface area contributed by atoms with Gasteiger partial charge in [-0.15, -0.1) is 0 Å². The van der Waals surface area contributed by atoms with Crippen LogP contribution in [0.3, 0.4) is 0 Å². The van der Waals surface area contributed by atoms with Crippen LogP contribution in [0.1, 0.15) is 0 Å². The molecule has 0 amide bonds. The Morgan fingerprint density at radius 2 is 2.14 bits per heavy atom. The third-order valence-electron chi connectivity index (χ3n) is 1.76. The Hall–Kier alpha value is -1.30. The van der Waals surface area contributed by atoms with Crippen LogP contribution in [-0.2, 0) is 0 Å². The second-order valence-corrected chi connectivity index (χ2v) is 3.46. The highest BCUT2D eigenvalue weighted by molar-refractivity contribution is 9.10. The smallest absolute Gasteiger partial charge is 0.261 e. The average molecular weight is 261 g/mol. The number of rotatable bonds is 0. The number of aromatic amines is 1. The molecule has 2 aromatic rings. The van der Waals surface area contributed by atoms with Crippen molar-refractivity contribution in [1.82, 2.24) is 9.97 Å². The van der Waals surface area contributed by atoms with E-state index in [1.807, 2.05) is 0 Å². The number of nitrogens with zero attached hydrogens (tertiary/aromatic N) is 1. The number of nitrogens with one attached hydrogen (secondary N) is 1. The van der Waals surface area contributed by atoms with Crippen molar-refractivity contribution in [3.8, 4) is 0 Å². The highest BCUT2D eigenvalue weighted by Gasteiger charge is 2.13. The van der Waals surface area contributed by atoms with Gasteiger partial charge in [-0.25, -0.2) is 13.8 Å². The van der Waals surface area contributed by atoms with E-state index in [-0.39, 0.29) is 15.4 Å². The molecule has 1 heterocycles. The van der Waals surface area contributed by atoms with Crippen molar-refractivity contribution in [1.29, 1.82) is 0 Å². The monoisotopic (exact) mass is 260 g/mol. The fraction of sp³-hybridized carbons (Fsp3) is 0. The van der Waals surface area contributed by atoms with Gasteiger partial charge in [-0.3, -0.25) is 4.79 Å². The lowest BCUT2D eigenvalue weighted by Crippen LogP contribution is -2.09. The zero-order valence-electron chi connectivity index (χ0n) is 6.64. The SMILES string of the molecule is O=c1[nH]cnc2c(F)c(Br)cc(F)c12. The number of fused-ring (bicyclic) bond motifs is 1. The summed E-state index contributed by atoms with van der Waals surface area (Å²) < 4.78 is 26.5. The van der Waals surface area contributed by atoms with Gasteiger partial charge in [-0.1, -0.05) is 0 Å². The summed E-state index contributed by atoms with van der Waals surface area (Å²) in [4.78, 5) is 16.9. The van der Waals surface area contributed by atoms with Crippen LogP contribution < -0.4 is 5.56 Å². The van der Waals surface area contributed by atoms with E-state index in [0.717, 1.165) is 12.4 Å². The number of hydrogen-bond donors (Lipinski definition) is 1. The Morgan fingerprint density at radius 1 is 1.43 bits per heavy atom. The van der Waals surface area contributed by atoms with E-state index in [1.54, 1.807) is 0 Å². The number of hydrogen-bond acceptors (Lipinski definition) is 2. The molecule has 1 aromatic heterocycles. The third-order valence-corrected chi connectivity index (χ3v) is 2.34. The largest absolute Gasteiger partial charge is 0.313 e. The first kappa shape index (κ1) is 9.26. The van der Waals surface area contributed by atoms with Crippen molar-refractivity contribution in [2.45, 2.75) is 0 Å². The summed E-state index contributed by atoms with van der Waals surface area (Å²) in [7, 11) is 0. The quantitative estimate of drug-likeness (QED) is 0.737. The van der Waals surface area contributed by atoms with Crippen LogP contribution in [0.25, 0.3) is 10.9 Å². The molecule has 72 valence electrons. The van der Waals surface area contributed by atoms with Gasteiger partial charge in [0.1, 0.15) is 16.7 Å². The van der Waals surface area contributed by atoms with Gasteiger partial charge < -0.3 is 4.98 Å². The zero-order valence-corrected chi connectivity index (χ0v) is 8.23. The lowest BCUT2D eigenvalue weighted by Gasteiger charge is -2.00. The van der Waals surface area contributed by atoms with Crippen LogP contribution >= 0.6 is 15.9 Å². The molecule has 1 N–H and O–H groups in total. The second kappa shape index (κ2) is 3.13. The van der Waals surface area contributed by atoms with Crippen LogP contribution in [-0.4, -0.2) is 9.97 Å². The molecule has 14 heavy (non-hydrogen) atoms. The van der Waals surface area contributed by atoms with Gasteiger partial charge in [0.2, 0.25) is 0 Å². The predicted molar refractivity (Wildman–Crippen MR) is 50.0 cm³/mol. The summed E-state index contributed by atoms with van der Waals surface area (Å²) in [5.74, 6) is -1.55. The molecule has 0 saturated heterocycles. The third kappa shape index (κ3) is 1.22. The molecule has 0 saturated carbocycles. The Kier molecular flexibility index (Phi) is 2.07. The van der Waals surface area contributed by atoms with Crippen LogP contribution in [0, 0.1) is 11.6 Å². The zero-order chi connectivity index (χ0) is 10.3. The summed E-state index contributed by atoms with van der Waals surface area (Å²) in [6, 6.07) is 0.897. The summed E-state index contributed by atoms with van der Waals surface area (Å²) in [6.45, 7) is 0. The normalized spacial score (nSPS) is 10.8. The fourth-order valence-electron chi connectivity index (χ4n) is 1.15. The molecule has 0 spiro atoms. The maximum Gasteiger partial charge on any atom is 0.261 e. The molecular formula is C8H3BrF2N2O. The summed E-state index contributed by atoms with van der Waals surface area (Å²) in [5, 5.41) is -0.367. The summed E-state index contributed by atoms with van der Waals surface area (Å²) in [5.41, 5.74) is -0.973. The first-order chi connectivity index (χ1) is 6.61. The first-order valence-electron chi connectivity index (χ1n) is 3.62. The minimum absolute atomic E-state index is 0.0550. The van der Waals surface area contributed by atoms with E-state index >= 15 is 0 Å². The van der Waals surface area contributed by atoms with Gasteiger partial charge in [0.15, 0.2) is 5.82 Å². The van der Waals surface area contributed by atoms with Gasteiger partial charge >= 0.3 is 0 Å². The van der Waals surface area contributed by atoms with Crippen molar-refractivity contribution >= 4 is 26.8 Å². The molecule has 0 unspecified atom stereocenters. The Balaban J connectivity index is 3.10. The highest BCUT2D eigenvalue weighted by atomic mass is 79.9. The van der Waals surface area contributed by atoms with Gasteiger partial charge in [0.25, 0.3) is 5.56 Å². The number of halogens is 3. The number of aromatic nitrogens is 2. The van der Waals surface area contributed by atoms with E-state index in [1.165, 1.54) is 0 Å². The molecule has 0 radical (unpaired) electrons. The van der Waals surface area contributed by atoms with E-state index < -0.39 is 17.2 Å². The Morgan fingerprint density at radius 3 is 2.86 bits per heavy atom. The molecule has 0 aliphatic heterocycles. The van der Waals surface area contributed by atoms with Crippen LogP contribution in [0.5, 0.6) is 0 Å². The Bertz CT molecular complexity index is 567. The van der Waals surface area contributed by atoms with Crippen LogP contribution in [0.15, 0.2) is 21.7 Å². The minimum Gasteiger partial charge on any atom is -0.313 e. The number of H-pyrrole nitrogens is 1. The van der Waals surface area contributed by atoms with Crippen LogP contribution in [0.4, 0.5) is 8.78 Å². The van der Waals surface area contributed by atoms with Gasteiger partial charge in [0, 0.05) is 0 Å². The van der Waals surface area contributed by atoms with E-state index in [0.29, 0.717) is 0 Å². The first-order valence-corrected chi connectivity index (χ1v) is 4.41. The van der Waals surface area contributed by atoms with Crippen LogP contribution in [0.2, 0.25) is 0 Å². The lowest BCUT2D eigenvalue weighted by molar-refractivity contribution is 0.608. The topological polar surface area (TPSA) is 45.8 Å². The second-order valence-electron chi connectivity index (χ2n) is 2.61. The van der Waals surface area contributed by atoms with Crippen molar-refractivity contribution in [3.63, 3.8) is 0 Å². The average Bonchev–Trinajstić information content (AvgIpc) is 2.14. The highest BCUT2D eigenvalue weighted by Crippen LogP contribution is 2.23. The summed E-state index contributed by atoms with van der Waals surface area (Å²) in [6.07, 6.45) is 1.03. The van der Waals surface area contributed by atoms with Gasteiger partial charge in [-0.05, 0) is 22.0 Å². The molecule has 2 rings (SSSR count). The van der Waals surface area contributed by atoms with Crippen molar-refractivity contribution in [2.24, 2.45) is 0 Å². The molecule has 3 nitrogen and oxygen atoms in total. The van der Waals surface area contributed by atoms with E-state index in [9.17, 15) is 13.6 Å². The molecule has 1 aromatic carbocycles. The van der Waals surface area contributed by atoms with Gasteiger partial charge in [-0.2, -0.15) is 0 Å². The molecule has 0 fully saturated rings. The predicted octanol–water partition coefficient (Wildman–Crippen LogP) is 1.96. The Labute approximate surface area is 84.9 Å². The van der Waals surface area contributed by atoms with Crippen molar-refractivity contribution < 1.29 is 8.78 Å². The van der Waals surface area contributed by atoms with Crippen molar-refractivity contribution in [2.75, 3.05) is 0 Å². The van der Waals surface area contributed by atoms with Gasteiger partial charge in [0.05, 0.1) is 10.8 Å². The molecular weight excluding hydrogens is 258 g/mol. The number of benzene rings is 1. The van der Waals surface area contributed by atoms with E-state index in [4.69, 9.17) is 0 Å². The maximum absolute atomic E-state index is 13.3. The van der Waals surface area contributed by atoms with Crippen molar-refractivity contribution in [3.05, 3.63) is 38.9 Å². The molecule has 0 aliphatic rings. The van der Waals surface area contributed by atoms with E-state index in [2.05, 4.69) is 25.9 Å². The lowest BCUT2D eigenvalue weighted by atomic mass is 10.2. The molecule has 6 heteroatoms. The summed E-state index contributed by atoms with van der Waals surface area (Å²) >= 11 is 2.82.